The van der Waals surface area contributed by atoms with Crippen LogP contribution in [0.2, 0.25) is 0 Å². The van der Waals surface area contributed by atoms with Gasteiger partial charge in [-0.05, 0) is 50.1 Å². The molecular weight excluding hydrogens is 368 g/mol. The van der Waals surface area contributed by atoms with Crippen molar-refractivity contribution in [1.82, 2.24) is 4.57 Å². The smallest absolute Gasteiger partial charge is 0.142 e. The van der Waals surface area contributed by atoms with E-state index >= 15 is 0 Å². The van der Waals surface area contributed by atoms with Crippen LogP contribution in [0.5, 0.6) is 0 Å². The average Bonchev–Trinajstić information content (AvgIpc) is 3.12. The summed E-state index contributed by atoms with van der Waals surface area (Å²) in [7, 11) is 0. The zero-order valence-electron chi connectivity index (χ0n) is 17.7. The summed E-state index contributed by atoms with van der Waals surface area (Å²) in [5.74, 6) is 0. The molecule has 30 heavy (non-hydrogen) atoms. The van der Waals surface area contributed by atoms with Gasteiger partial charge in [0.15, 0.2) is 0 Å². The van der Waals surface area contributed by atoms with Gasteiger partial charge in [0.05, 0.1) is 11.4 Å². The summed E-state index contributed by atoms with van der Waals surface area (Å²) in [4.78, 5) is 5.69. The summed E-state index contributed by atoms with van der Waals surface area (Å²) < 4.78 is 2.28. The molecule has 0 saturated carbocycles. The second kappa shape index (κ2) is 8.83. The Bertz CT molecular complexity index is 1160. The number of rotatable bonds is 6. The third kappa shape index (κ3) is 4.20. The summed E-state index contributed by atoms with van der Waals surface area (Å²) in [6.45, 7) is 6.68. The van der Waals surface area contributed by atoms with Crippen LogP contribution in [0.3, 0.4) is 0 Å². The molecule has 0 fully saturated rings. The molecule has 1 aromatic heterocycles. The minimum Gasteiger partial charge on any atom is -0.391 e. The third-order valence-electron chi connectivity index (χ3n) is 5.24. The predicted molar refractivity (Wildman–Crippen MR) is 124 cm³/mol. The van der Waals surface area contributed by atoms with Gasteiger partial charge < -0.3 is 9.40 Å². The average molecular weight is 395 g/mol. The van der Waals surface area contributed by atoms with Crippen molar-refractivity contribution in [2.45, 2.75) is 27.4 Å². The molecule has 4 rings (SSSR count). The van der Waals surface area contributed by atoms with E-state index in [1.165, 1.54) is 11.1 Å². The van der Waals surface area contributed by atoms with Crippen molar-refractivity contribution in [3.05, 3.63) is 113 Å². The highest BCUT2D eigenvalue weighted by molar-refractivity contribution is 6.01. The lowest BCUT2D eigenvalue weighted by atomic mass is 10.1. The molecule has 0 saturated heterocycles. The molecule has 0 unspecified atom stereocenters. The van der Waals surface area contributed by atoms with Gasteiger partial charge in [-0.2, -0.15) is 0 Å². The molecule has 0 aliphatic heterocycles. The van der Waals surface area contributed by atoms with Gasteiger partial charge in [-0.25, -0.2) is 0 Å². The Morgan fingerprint density at radius 3 is 2.23 bits per heavy atom. The maximum atomic E-state index is 5.69. The number of para-hydroxylation sites is 1. The summed E-state index contributed by atoms with van der Waals surface area (Å²) in [6.07, 6.45) is 0. The number of oxime groups is 1. The molecule has 4 aromatic rings. The second-order valence-corrected chi connectivity index (χ2v) is 7.50. The molecule has 3 aromatic carbocycles. The first-order chi connectivity index (χ1) is 14.6. The van der Waals surface area contributed by atoms with Gasteiger partial charge in [-0.1, -0.05) is 83.5 Å². The first-order valence-electron chi connectivity index (χ1n) is 10.2. The quantitative estimate of drug-likeness (QED) is 0.264. The lowest BCUT2D eigenvalue weighted by Gasteiger charge is -2.12. The van der Waals surface area contributed by atoms with E-state index < -0.39 is 0 Å². The van der Waals surface area contributed by atoms with E-state index in [-0.39, 0.29) is 0 Å². The topological polar surface area (TPSA) is 26.5 Å². The molecule has 150 valence electrons. The predicted octanol–water partition coefficient (Wildman–Crippen LogP) is 6.70. The molecule has 0 aliphatic rings. The molecule has 0 bridgehead atoms. The number of benzene rings is 3. The van der Waals surface area contributed by atoms with Crippen molar-refractivity contribution in [2.24, 2.45) is 5.16 Å². The summed E-state index contributed by atoms with van der Waals surface area (Å²) in [5, 5.41) is 4.43. The highest BCUT2D eigenvalue weighted by atomic mass is 16.6. The molecular formula is C27H26N2O. The lowest BCUT2D eigenvalue weighted by Crippen LogP contribution is -2.02. The molecule has 0 radical (unpaired) electrons. The van der Waals surface area contributed by atoms with Crippen molar-refractivity contribution in [2.75, 3.05) is 0 Å². The Hall–Kier alpha value is -3.59. The Morgan fingerprint density at radius 2 is 1.53 bits per heavy atom. The fourth-order valence-corrected chi connectivity index (χ4v) is 3.76. The fourth-order valence-electron chi connectivity index (χ4n) is 3.76. The van der Waals surface area contributed by atoms with Gasteiger partial charge in [0.25, 0.3) is 0 Å². The number of hydrogen-bond donors (Lipinski definition) is 0. The van der Waals surface area contributed by atoms with Crippen molar-refractivity contribution in [3.63, 3.8) is 0 Å². The number of nitrogens with zero attached hydrogens (tertiary/aromatic N) is 2. The van der Waals surface area contributed by atoms with Crippen LogP contribution in [-0.2, 0) is 11.4 Å². The Balaban J connectivity index is 1.69. The first kappa shape index (κ1) is 19.7. The van der Waals surface area contributed by atoms with Crippen LogP contribution in [0.15, 0.2) is 96.2 Å². The second-order valence-electron chi connectivity index (χ2n) is 7.50. The van der Waals surface area contributed by atoms with E-state index in [1.807, 2.05) is 25.1 Å². The number of hydrogen-bond acceptors (Lipinski definition) is 2. The first-order valence-corrected chi connectivity index (χ1v) is 10.2. The van der Waals surface area contributed by atoms with Gasteiger partial charge in [0.1, 0.15) is 6.61 Å². The van der Waals surface area contributed by atoms with Crippen LogP contribution < -0.4 is 0 Å². The van der Waals surface area contributed by atoms with Crippen LogP contribution in [-0.4, -0.2) is 10.3 Å². The zero-order valence-corrected chi connectivity index (χ0v) is 17.7. The van der Waals surface area contributed by atoms with Crippen LogP contribution in [0.4, 0.5) is 0 Å². The van der Waals surface area contributed by atoms with Crippen molar-refractivity contribution in [1.29, 1.82) is 0 Å². The van der Waals surface area contributed by atoms with Gasteiger partial charge in [-0.3, -0.25) is 0 Å². The maximum absolute atomic E-state index is 5.69. The molecule has 0 amide bonds. The Kier molecular flexibility index (Phi) is 5.80. The van der Waals surface area contributed by atoms with Gasteiger partial charge in [0.2, 0.25) is 0 Å². The maximum Gasteiger partial charge on any atom is 0.142 e. The lowest BCUT2D eigenvalue weighted by molar-refractivity contribution is 0.130. The highest BCUT2D eigenvalue weighted by Gasteiger charge is 2.16. The molecule has 1 heterocycles. The van der Waals surface area contributed by atoms with E-state index in [0.29, 0.717) is 6.61 Å². The molecule has 0 N–H and O–H groups in total. The standard InChI is InChI=1S/C27H26N2O/c1-20-11-10-12-23(17-20)19-30-28-21(2)26-18-27(24-13-6-4-7-14-24)29(22(26)3)25-15-8-5-9-16-25/h4-18H,19H2,1-3H3/b28-21-. The minimum atomic E-state index is 0.461. The number of aromatic nitrogens is 1. The summed E-state index contributed by atoms with van der Waals surface area (Å²) >= 11 is 0. The summed E-state index contributed by atoms with van der Waals surface area (Å²) in [5.41, 5.74) is 8.88. The fraction of sp³-hybridized carbons (Fsp3) is 0.148. The van der Waals surface area contributed by atoms with Crippen molar-refractivity contribution < 1.29 is 4.84 Å². The molecule has 0 aliphatic carbocycles. The van der Waals surface area contributed by atoms with Gasteiger partial charge in [0, 0.05) is 16.9 Å². The van der Waals surface area contributed by atoms with Gasteiger partial charge >= 0.3 is 0 Å². The Labute approximate surface area is 178 Å². The van der Waals surface area contributed by atoms with Crippen molar-refractivity contribution >= 4 is 5.71 Å². The monoisotopic (exact) mass is 394 g/mol. The van der Waals surface area contributed by atoms with E-state index in [0.717, 1.165) is 33.9 Å². The van der Waals surface area contributed by atoms with Crippen LogP contribution >= 0.6 is 0 Å². The van der Waals surface area contributed by atoms with E-state index in [4.69, 9.17) is 4.84 Å². The minimum absolute atomic E-state index is 0.461. The van der Waals surface area contributed by atoms with Crippen LogP contribution in [0.1, 0.15) is 29.3 Å². The molecule has 0 spiro atoms. The number of aryl methyl sites for hydroxylation is 1. The van der Waals surface area contributed by atoms with E-state index in [2.05, 4.69) is 96.4 Å². The van der Waals surface area contributed by atoms with Crippen molar-refractivity contribution in [3.8, 4) is 16.9 Å². The Morgan fingerprint density at radius 1 is 0.833 bits per heavy atom. The zero-order chi connectivity index (χ0) is 20.9. The summed E-state index contributed by atoms with van der Waals surface area (Å²) in [6, 6.07) is 31.4. The van der Waals surface area contributed by atoms with Crippen LogP contribution in [0, 0.1) is 13.8 Å². The molecule has 3 heteroatoms. The normalized spacial score (nSPS) is 11.5. The molecule has 0 atom stereocenters. The largest absolute Gasteiger partial charge is 0.391 e. The molecule has 3 nitrogen and oxygen atoms in total. The SMILES string of the molecule is C/C(=N/OCc1cccc(C)c1)c1cc(-c2ccccc2)n(-c2ccccc2)c1C. The van der Waals surface area contributed by atoms with Gasteiger partial charge in [-0.15, -0.1) is 0 Å². The van der Waals surface area contributed by atoms with Crippen LogP contribution in [0.25, 0.3) is 16.9 Å². The van der Waals surface area contributed by atoms with E-state index in [1.54, 1.807) is 0 Å². The highest BCUT2D eigenvalue weighted by Crippen LogP contribution is 2.30. The van der Waals surface area contributed by atoms with E-state index in [9.17, 15) is 0 Å². The third-order valence-corrected chi connectivity index (χ3v) is 5.24.